The van der Waals surface area contributed by atoms with Gasteiger partial charge in [-0.2, -0.15) is 0 Å². The van der Waals surface area contributed by atoms with E-state index < -0.39 is 0 Å². The SMILES string of the molecule is COc1ncc(Br)cc1C[C@@H](C)N. The van der Waals surface area contributed by atoms with Crippen molar-refractivity contribution >= 4 is 15.9 Å². The van der Waals surface area contributed by atoms with Crippen molar-refractivity contribution in [1.29, 1.82) is 0 Å². The molecule has 1 heterocycles. The van der Waals surface area contributed by atoms with Gasteiger partial charge in [-0.15, -0.1) is 0 Å². The fourth-order valence-corrected chi connectivity index (χ4v) is 1.52. The number of rotatable bonds is 3. The molecule has 1 rings (SSSR count). The fourth-order valence-electron chi connectivity index (χ4n) is 1.15. The Bertz CT molecular complexity index is 289. The lowest BCUT2D eigenvalue weighted by molar-refractivity contribution is 0.391. The van der Waals surface area contributed by atoms with Crippen molar-refractivity contribution in [1.82, 2.24) is 4.98 Å². The maximum atomic E-state index is 5.70. The Balaban J connectivity index is 2.94. The molecule has 0 unspecified atom stereocenters. The zero-order valence-corrected chi connectivity index (χ0v) is 9.34. The Morgan fingerprint density at radius 2 is 2.38 bits per heavy atom. The molecule has 3 nitrogen and oxygen atoms in total. The summed E-state index contributed by atoms with van der Waals surface area (Å²) >= 11 is 3.36. The van der Waals surface area contributed by atoms with Gasteiger partial charge in [0.15, 0.2) is 0 Å². The third-order valence-corrected chi connectivity index (χ3v) is 2.06. The van der Waals surface area contributed by atoms with Crippen molar-refractivity contribution in [2.24, 2.45) is 5.73 Å². The Hall–Kier alpha value is -0.610. The standard InChI is InChI=1S/C9H13BrN2O/c1-6(11)3-7-4-8(10)5-12-9(7)13-2/h4-6H,3,11H2,1-2H3/t6-/m1/s1. The molecule has 4 heteroatoms. The van der Waals surface area contributed by atoms with Gasteiger partial charge in [0.2, 0.25) is 5.88 Å². The minimum absolute atomic E-state index is 0.116. The molecule has 1 aromatic rings. The molecular formula is C9H13BrN2O. The molecule has 0 radical (unpaired) electrons. The summed E-state index contributed by atoms with van der Waals surface area (Å²) in [6.45, 7) is 1.96. The second-order valence-electron chi connectivity index (χ2n) is 3.00. The number of halogens is 1. The first-order valence-corrected chi connectivity index (χ1v) is 4.86. The lowest BCUT2D eigenvalue weighted by Gasteiger charge is -2.09. The molecule has 0 saturated heterocycles. The van der Waals surface area contributed by atoms with Crippen LogP contribution >= 0.6 is 15.9 Å². The molecule has 0 aliphatic heterocycles. The van der Waals surface area contributed by atoms with Gasteiger partial charge in [0, 0.05) is 22.3 Å². The van der Waals surface area contributed by atoms with Gasteiger partial charge in [0.1, 0.15) is 0 Å². The first-order valence-electron chi connectivity index (χ1n) is 4.07. The Morgan fingerprint density at radius 3 is 2.92 bits per heavy atom. The van der Waals surface area contributed by atoms with Crippen molar-refractivity contribution < 1.29 is 4.74 Å². The molecule has 0 fully saturated rings. The van der Waals surface area contributed by atoms with Crippen molar-refractivity contribution in [3.05, 3.63) is 22.3 Å². The number of methoxy groups -OCH3 is 1. The van der Waals surface area contributed by atoms with Crippen LogP contribution in [0.15, 0.2) is 16.7 Å². The molecule has 0 aromatic carbocycles. The lowest BCUT2D eigenvalue weighted by atomic mass is 10.1. The first kappa shape index (κ1) is 10.5. The summed E-state index contributed by atoms with van der Waals surface area (Å²) in [6, 6.07) is 2.10. The predicted octanol–water partition coefficient (Wildman–Crippen LogP) is 1.74. The Kier molecular flexibility index (Phi) is 3.69. The fraction of sp³-hybridized carbons (Fsp3) is 0.444. The first-order chi connectivity index (χ1) is 6.13. The second-order valence-corrected chi connectivity index (χ2v) is 3.92. The number of hydrogen-bond donors (Lipinski definition) is 1. The van der Waals surface area contributed by atoms with Crippen LogP contribution in [0.25, 0.3) is 0 Å². The van der Waals surface area contributed by atoms with Gasteiger partial charge in [-0.1, -0.05) is 0 Å². The van der Waals surface area contributed by atoms with E-state index in [0.29, 0.717) is 5.88 Å². The van der Waals surface area contributed by atoms with E-state index in [4.69, 9.17) is 10.5 Å². The van der Waals surface area contributed by atoms with Crippen LogP contribution in [0.1, 0.15) is 12.5 Å². The van der Waals surface area contributed by atoms with Crippen LogP contribution in [0.2, 0.25) is 0 Å². The topological polar surface area (TPSA) is 48.1 Å². The molecule has 1 aromatic heterocycles. The summed E-state index contributed by atoms with van der Waals surface area (Å²) in [6.07, 6.45) is 2.49. The van der Waals surface area contributed by atoms with E-state index in [2.05, 4.69) is 20.9 Å². The largest absolute Gasteiger partial charge is 0.481 e. The van der Waals surface area contributed by atoms with Crippen LogP contribution in [0.3, 0.4) is 0 Å². The zero-order chi connectivity index (χ0) is 9.84. The molecule has 72 valence electrons. The summed E-state index contributed by atoms with van der Waals surface area (Å²) in [5, 5.41) is 0. The van der Waals surface area contributed by atoms with Gasteiger partial charge in [-0.25, -0.2) is 4.98 Å². The van der Waals surface area contributed by atoms with E-state index in [9.17, 15) is 0 Å². The molecule has 13 heavy (non-hydrogen) atoms. The summed E-state index contributed by atoms with van der Waals surface area (Å²) in [4.78, 5) is 4.13. The van der Waals surface area contributed by atoms with E-state index in [1.807, 2.05) is 13.0 Å². The molecule has 1 atom stereocenters. The number of pyridine rings is 1. The van der Waals surface area contributed by atoms with Crippen molar-refractivity contribution in [2.45, 2.75) is 19.4 Å². The third-order valence-electron chi connectivity index (χ3n) is 1.63. The minimum Gasteiger partial charge on any atom is -0.481 e. The minimum atomic E-state index is 0.116. The van der Waals surface area contributed by atoms with Crippen LogP contribution in [-0.2, 0) is 6.42 Å². The van der Waals surface area contributed by atoms with Gasteiger partial charge in [-0.05, 0) is 35.3 Å². The van der Waals surface area contributed by atoms with E-state index in [0.717, 1.165) is 16.5 Å². The molecule has 0 aliphatic carbocycles. The monoisotopic (exact) mass is 244 g/mol. The molecule has 0 saturated carbocycles. The lowest BCUT2D eigenvalue weighted by Crippen LogP contribution is -2.18. The van der Waals surface area contributed by atoms with Crippen LogP contribution in [-0.4, -0.2) is 18.1 Å². The Morgan fingerprint density at radius 1 is 1.69 bits per heavy atom. The maximum absolute atomic E-state index is 5.70. The smallest absolute Gasteiger partial charge is 0.216 e. The van der Waals surface area contributed by atoms with Gasteiger partial charge < -0.3 is 10.5 Å². The average molecular weight is 245 g/mol. The molecule has 2 N–H and O–H groups in total. The number of nitrogens with zero attached hydrogens (tertiary/aromatic N) is 1. The summed E-state index contributed by atoms with van der Waals surface area (Å²) in [5.41, 5.74) is 6.73. The summed E-state index contributed by atoms with van der Waals surface area (Å²) in [5.74, 6) is 0.653. The van der Waals surface area contributed by atoms with E-state index in [-0.39, 0.29) is 6.04 Å². The highest BCUT2D eigenvalue weighted by molar-refractivity contribution is 9.10. The molecule has 0 aliphatic rings. The van der Waals surface area contributed by atoms with Crippen LogP contribution < -0.4 is 10.5 Å². The quantitative estimate of drug-likeness (QED) is 0.882. The van der Waals surface area contributed by atoms with Crippen molar-refractivity contribution in [3.8, 4) is 5.88 Å². The number of hydrogen-bond acceptors (Lipinski definition) is 3. The van der Waals surface area contributed by atoms with Crippen molar-refractivity contribution in [3.63, 3.8) is 0 Å². The van der Waals surface area contributed by atoms with E-state index in [1.54, 1.807) is 13.3 Å². The van der Waals surface area contributed by atoms with Crippen LogP contribution in [0.5, 0.6) is 5.88 Å². The Labute approximate surface area is 86.4 Å². The van der Waals surface area contributed by atoms with Crippen molar-refractivity contribution in [2.75, 3.05) is 7.11 Å². The molecule has 0 bridgehead atoms. The van der Waals surface area contributed by atoms with Gasteiger partial charge in [0.25, 0.3) is 0 Å². The van der Waals surface area contributed by atoms with Gasteiger partial charge >= 0.3 is 0 Å². The number of ether oxygens (including phenoxy) is 1. The number of nitrogens with two attached hydrogens (primary N) is 1. The predicted molar refractivity (Wildman–Crippen MR) is 55.8 cm³/mol. The average Bonchev–Trinajstić information content (AvgIpc) is 2.03. The third kappa shape index (κ3) is 2.97. The van der Waals surface area contributed by atoms with Gasteiger partial charge in [0.05, 0.1) is 7.11 Å². The second kappa shape index (κ2) is 4.58. The van der Waals surface area contributed by atoms with Crippen LogP contribution in [0.4, 0.5) is 0 Å². The van der Waals surface area contributed by atoms with Gasteiger partial charge in [-0.3, -0.25) is 0 Å². The molecular weight excluding hydrogens is 232 g/mol. The highest BCUT2D eigenvalue weighted by atomic mass is 79.9. The molecule has 0 spiro atoms. The summed E-state index contributed by atoms with van der Waals surface area (Å²) < 4.78 is 6.06. The zero-order valence-electron chi connectivity index (χ0n) is 7.75. The van der Waals surface area contributed by atoms with Crippen LogP contribution in [0, 0.1) is 0 Å². The van der Waals surface area contributed by atoms with E-state index in [1.165, 1.54) is 0 Å². The highest BCUT2D eigenvalue weighted by Crippen LogP contribution is 2.20. The van der Waals surface area contributed by atoms with E-state index >= 15 is 0 Å². The highest BCUT2D eigenvalue weighted by Gasteiger charge is 2.06. The molecule has 0 amide bonds. The summed E-state index contributed by atoms with van der Waals surface area (Å²) in [7, 11) is 1.61. The normalized spacial score (nSPS) is 12.6. The maximum Gasteiger partial charge on any atom is 0.216 e. The number of aromatic nitrogens is 1.